The topological polar surface area (TPSA) is 76.7 Å². The van der Waals surface area contributed by atoms with Crippen LogP contribution in [0.15, 0.2) is 6.20 Å². The third-order valence-electron chi connectivity index (χ3n) is 5.43. The van der Waals surface area contributed by atoms with E-state index in [9.17, 15) is 5.11 Å². The van der Waals surface area contributed by atoms with Gasteiger partial charge in [-0.15, -0.1) is 5.10 Å². The number of nitrogens with zero attached hydrogens (tertiary/aromatic N) is 5. The molecule has 2 fully saturated rings. The zero-order valence-electron chi connectivity index (χ0n) is 14.5. The molecule has 2 heterocycles. The van der Waals surface area contributed by atoms with Crippen molar-refractivity contribution >= 4 is 11.6 Å². The number of aromatic nitrogens is 5. The summed E-state index contributed by atoms with van der Waals surface area (Å²) in [5, 5.41) is 18.7. The normalized spacial score (nSPS) is 23.8. The van der Waals surface area contributed by atoms with E-state index in [-0.39, 0.29) is 6.10 Å². The molecule has 0 atom stereocenters. The highest BCUT2D eigenvalue weighted by Gasteiger charge is 2.27. The lowest BCUT2D eigenvalue weighted by atomic mass is 9.85. The van der Waals surface area contributed by atoms with Crippen LogP contribution in [0, 0.1) is 11.8 Å². The van der Waals surface area contributed by atoms with Crippen molar-refractivity contribution in [2.45, 2.75) is 57.5 Å². The van der Waals surface area contributed by atoms with Crippen LogP contribution in [0.25, 0.3) is 11.4 Å². The lowest BCUT2D eigenvalue weighted by molar-refractivity contribution is 0.108. The van der Waals surface area contributed by atoms with E-state index in [1.54, 1.807) is 6.20 Å². The predicted molar refractivity (Wildman–Crippen MR) is 95.1 cm³/mol. The van der Waals surface area contributed by atoms with Crippen LogP contribution in [0.1, 0.15) is 50.0 Å². The molecule has 25 heavy (non-hydrogen) atoms. The van der Waals surface area contributed by atoms with Gasteiger partial charge in [-0.25, -0.2) is 9.97 Å². The van der Waals surface area contributed by atoms with Crippen LogP contribution >= 0.6 is 11.6 Å². The number of aliphatic hydroxyl groups is 1. The van der Waals surface area contributed by atoms with E-state index >= 15 is 0 Å². The lowest BCUT2D eigenvalue weighted by Gasteiger charge is -2.24. The van der Waals surface area contributed by atoms with Gasteiger partial charge >= 0.3 is 0 Å². The SMILES string of the molecule is Cn1nnc(-c2nc(CC3CCC(O)CC3)ncc2Cl)c1CC1CC1. The predicted octanol–water partition coefficient (Wildman–Crippen LogP) is 2.97. The molecule has 2 aliphatic rings. The molecule has 6 nitrogen and oxygen atoms in total. The maximum Gasteiger partial charge on any atom is 0.136 e. The van der Waals surface area contributed by atoms with Crippen molar-refractivity contribution in [1.82, 2.24) is 25.0 Å². The summed E-state index contributed by atoms with van der Waals surface area (Å²) in [6, 6.07) is 0. The van der Waals surface area contributed by atoms with Gasteiger partial charge in [-0.1, -0.05) is 16.8 Å². The maximum atomic E-state index is 9.67. The van der Waals surface area contributed by atoms with Crippen molar-refractivity contribution in [3.63, 3.8) is 0 Å². The second kappa shape index (κ2) is 7.00. The molecule has 0 aromatic carbocycles. The Morgan fingerprint density at radius 3 is 2.48 bits per heavy atom. The van der Waals surface area contributed by atoms with Crippen molar-refractivity contribution in [2.75, 3.05) is 0 Å². The van der Waals surface area contributed by atoms with Crippen molar-refractivity contribution < 1.29 is 5.11 Å². The van der Waals surface area contributed by atoms with E-state index in [1.807, 2.05) is 11.7 Å². The molecular weight excluding hydrogens is 338 g/mol. The molecule has 0 bridgehead atoms. The number of aliphatic hydroxyl groups excluding tert-OH is 1. The van der Waals surface area contributed by atoms with E-state index < -0.39 is 0 Å². The highest BCUT2D eigenvalue weighted by Crippen LogP contribution is 2.36. The van der Waals surface area contributed by atoms with Crippen LogP contribution in [-0.2, 0) is 19.9 Å². The number of aryl methyl sites for hydroxylation is 1. The Labute approximate surface area is 152 Å². The monoisotopic (exact) mass is 361 g/mol. The fourth-order valence-corrected chi connectivity index (χ4v) is 3.84. The molecule has 0 radical (unpaired) electrons. The number of hydrogen-bond donors (Lipinski definition) is 1. The highest BCUT2D eigenvalue weighted by molar-refractivity contribution is 6.32. The molecule has 2 aliphatic carbocycles. The van der Waals surface area contributed by atoms with Crippen molar-refractivity contribution in [3.05, 3.63) is 22.7 Å². The number of halogens is 1. The van der Waals surface area contributed by atoms with E-state index in [0.29, 0.717) is 16.6 Å². The largest absolute Gasteiger partial charge is 0.393 e. The first-order chi connectivity index (χ1) is 12.1. The van der Waals surface area contributed by atoms with Crippen molar-refractivity contribution in [2.24, 2.45) is 18.9 Å². The van der Waals surface area contributed by atoms with Crippen LogP contribution in [0.3, 0.4) is 0 Å². The van der Waals surface area contributed by atoms with Crippen LogP contribution in [0.5, 0.6) is 0 Å². The van der Waals surface area contributed by atoms with Crippen LogP contribution in [-0.4, -0.2) is 36.2 Å². The zero-order valence-corrected chi connectivity index (χ0v) is 15.3. The van der Waals surface area contributed by atoms with Gasteiger partial charge in [0.15, 0.2) is 0 Å². The first-order valence-corrected chi connectivity index (χ1v) is 9.56. The molecule has 134 valence electrons. The Kier molecular flexibility index (Phi) is 4.73. The van der Waals surface area contributed by atoms with E-state index in [0.717, 1.165) is 61.7 Å². The first-order valence-electron chi connectivity index (χ1n) is 9.18. The fourth-order valence-electron chi connectivity index (χ4n) is 3.66. The van der Waals surface area contributed by atoms with E-state index in [4.69, 9.17) is 16.6 Å². The molecule has 7 heteroatoms. The minimum atomic E-state index is -0.137. The van der Waals surface area contributed by atoms with Gasteiger partial charge in [-0.3, -0.25) is 4.68 Å². The standard InChI is InChI=1S/C18H24ClN5O/c1-24-15(8-11-2-3-11)18(22-23-24)17-14(19)10-20-16(21-17)9-12-4-6-13(25)7-5-12/h10-13,25H,2-9H2,1H3. The van der Waals surface area contributed by atoms with Crippen LogP contribution in [0.2, 0.25) is 5.02 Å². The second-order valence-electron chi connectivity index (χ2n) is 7.52. The lowest BCUT2D eigenvalue weighted by Crippen LogP contribution is -2.20. The van der Waals surface area contributed by atoms with Gasteiger partial charge in [0.25, 0.3) is 0 Å². The Morgan fingerprint density at radius 2 is 1.76 bits per heavy atom. The zero-order chi connectivity index (χ0) is 17.4. The van der Waals surface area contributed by atoms with Gasteiger partial charge in [0.1, 0.15) is 17.2 Å². The average Bonchev–Trinajstić information content (AvgIpc) is 3.35. The molecule has 2 aromatic rings. The molecule has 2 aromatic heterocycles. The summed E-state index contributed by atoms with van der Waals surface area (Å²) < 4.78 is 1.84. The quantitative estimate of drug-likeness (QED) is 0.885. The highest BCUT2D eigenvalue weighted by atomic mass is 35.5. The van der Waals surface area contributed by atoms with Gasteiger partial charge in [-0.2, -0.15) is 0 Å². The third-order valence-corrected chi connectivity index (χ3v) is 5.70. The summed E-state index contributed by atoms with van der Waals surface area (Å²) in [5.41, 5.74) is 2.60. The summed E-state index contributed by atoms with van der Waals surface area (Å²) in [6.07, 6.45) is 9.73. The van der Waals surface area contributed by atoms with E-state index in [1.165, 1.54) is 12.8 Å². The van der Waals surface area contributed by atoms with Gasteiger partial charge in [0, 0.05) is 19.7 Å². The molecule has 0 aliphatic heterocycles. The molecule has 4 rings (SSSR count). The van der Waals surface area contributed by atoms with Crippen LogP contribution in [0.4, 0.5) is 0 Å². The molecular formula is C18H24ClN5O. The molecule has 0 spiro atoms. The molecule has 0 saturated heterocycles. The van der Waals surface area contributed by atoms with Gasteiger partial charge in [0.2, 0.25) is 0 Å². The van der Waals surface area contributed by atoms with E-state index in [2.05, 4.69) is 15.3 Å². The minimum Gasteiger partial charge on any atom is -0.393 e. The van der Waals surface area contributed by atoms with Crippen molar-refractivity contribution in [1.29, 1.82) is 0 Å². The summed E-state index contributed by atoms with van der Waals surface area (Å²) in [6.45, 7) is 0. The Bertz CT molecular complexity index is 750. The first kappa shape index (κ1) is 16.9. The fraction of sp³-hybridized carbons (Fsp3) is 0.667. The number of hydrogen-bond acceptors (Lipinski definition) is 5. The Balaban J connectivity index is 1.57. The molecule has 2 saturated carbocycles. The van der Waals surface area contributed by atoms with Crippen LogP contribution < -0.4 is 0 Å². The Morgan fingerprint density at radius 1 is 1.08 bits per heavy atom. The third kappa shape index (κ3) is 3.85. The van der Waals surface area contributed by atoms with Crippen molar-refractivity contribution in [3.8, 4) is 11.4 Å². The summed E-state index contributed by atoms with van der Waals surface area (Å²) >= 11 is 6.39. The molecule has 0 unspecified atom stereocenters. The maximum absolute atomic E-state index is 9.67. The minimum absolute atomic E-state index is 0.137. The van der Waals surface area contributed by atoms with Gasteiger partial charge < -0.3 is 5.11 Å². The van der Waals surface area contributed by atoms with Gasteiger partial charge in [0.05, 0.1) is 16.8 Å². The smallest absolute Gasteiger partial charge is 0.136 e. The molecule has 1 N–H and O–H groups in total. The Hall–Kier alpha value is -1.53. The average molecular weight is 362 g/mol. The number of rotatable bonds is 5. The summed E-state index contributed by atoms with van der Waals surface area (Å²) in [4.78, 5) is 9.16. The second-order valence-corrected chi connectivity index (χ2v) is 7.92. The summed E-state index contributed by atoms with van der Waals surface area (Å²) in [5.74, 6) is 2.08. The summed E-state index contributed by atoms with van der Waals surface area (Å²) in [7, 11) is 1.93. The molecule has 0 amide bonds. The van der Waals surface area contributed by atoms with Gasteiger partial charge in [-0.05, 0) is 56.8 Å².